The monoisotopic (exact) mass is 353 g/mol. The number of carbonyl (C=O) groups excluding carboxylic acids is 1. The number of Topliss-reactive ketones (excluding diaryl/α,β-unsaturated/α-hetero) is 1. The minimum Gasteiger partial charge on any atom is -0.481 e. The second-order valence-corrected chi connectivity index (χ2v) is 5.67. The van der Waals surface area contributed by atoms with Crippen LogP contribution in [-0.4, -0.2) is 23.4 Å². The molecule has 0 radical (unpaired) electrons. The van der Waals surface area contributed by atoms with Gasteiger partial charge in [-0.25, -0.2) is 17.6 Å². The van der Waals surface area contributed by atoms with Crippen LogP contribution in [0.25, 0.3) is 0 Å². The van der Waals surface area contributed by atoms with Crippen molar-refractivity contribution < 1.29 is 32.3 Å². The van der Waals surface area contributed by atoms with Crippen molar-refractivity contribution in [2.24, 2.45) is 5.92 Å². The van der Waals surface area contributed by atoms with Crippen molar-refractivity contribution in [3.8, 4) is 0 Å². The largest absolute Gasteiger partial charge is 0.481 e. The summed E-state index contributed by atoms with van der Waals surface area (Å²) >= 11 is 0. The third-order valence-electron chi connectivity index (χ3n) is 3.95. The maximum atomic E-state index is 14.2. The van der Waals surface area contributed by atoms with E-state index < -0.39 is 58.7 Å². The number of carboxylic acid groups (broad SMARTS) is 1. The Kier molecular flexibility index (Phi) is 4.20. The summed E-state index contributed by atoms with van der Waals surface area (Å²) < 4.78 is 55.0. The van der Waals surface area contributed by atoms with Crippen LogP contribution >= 0.6 is 0 Å². The van der Waals surface area contributed by atoms with E-state index in [1.165, 1.54) is 0 Å². The van der Waals surface area contributed by atoms with Crippen LogP contribution in [0.5, 0.6) is 0 Å². The van der Waals surface area contributed by atoms with Crippen molar-refractivity contribution in [2.45, 2.75) is 6.54 Å². The van der Waals surface area contributed by atoms with E-state index in [-0.39, 0.29) is 12.1 Å². The van der Waals surface area contributed by atoms with Crippen LogP contribution in [0, 0.1) is 29.2 Å². The molecule has 2 aromatic carbocycles. The second kappa shape index (κ2) is 6.19. The fraction of sp³-hybridized carbons (Fsp3) is 0.176. The first kappa shape index (κ1) is 16.9. The SMILES string of the molecule is O=C(O)C1CN(Cc2cc(F)cc(F)c2)c2c(F)ccc(F)c2C1=O. The Morgan fingerprint density at radius 1 is 1.08 bits per heavy atom. The van der Waals surface area contributed by atoms with Crippen molar-refractivity contribution in [1.29, 1.82) is 0 Å². The maximum Gasteiger partial charge on any atom is 0.316 e. The van der Waals surface area contributed by atoms with Gasteiger partial charge in [-0.05, 0) is 29.8 Å². The molecule has 1 atom stereocenters. The van der Waals surface area contributed by atoms with Gasteiger partial charge in [0.25, 0.3) is 0 Å². The summed E-state index contributed by atoms with van der Waals surface area (Å²) in [4.78, 5) is 24.6. The number of hydrogen-bond acceptors (Lipinski definition) is 3. The smallest absolute Gasteiger partial charge is 0.316 e. The molecule has 1 aliphatic heterocycles. The molecule has 0 saturated carbocycles. The third kappa shape index (κ3) is 3.07. The van der Waals surface area contributed by atoms with E-state index in [1.807, 2.05) is 0 Å². The van der Waals surface area contributed by atoms with Crippen LogP contribution in [0.2, 0.25) is 0 Å². The average molecular weight is 353 g/mol. The predicted molar refractivity (Wildman–Crippen MR) is 79.2 cm³/mol. The number of carboxylic acids is 1. The fourth-order valence-electron chi connectivity index (χ4n) is 2.91. The van der Waals surface area contributed by atoms with Gasteiger partial charge in [-0.3, -0.25) is 9.59 Å². The fourth-order valence-corrected chi connectivity index (χ4v) is 2.91. The van der Waals surface area contributed by atoms with Gasteiger partial charge in [-0.15, -0.1) is 0 Å². The number of ketones is 1. The van der Waals surface area contributed by atoms with E-state index in [9.17, 15) is 32.3 Å². The van der Waals surface area contributed by atoms with E-state index in [0.29, 0.717) is 6.07 Å². The van der Waals surface area contributed by atoms with E-state index in [4.69, 9.17) is 0 Å². The molecule has 4 nitrogen and oxygen atoms in total. The number of anilines is 1. The number of fused-ring (bicyclic) bond motifs is 1. The highest BCUT2D eigenvalue weighted by Crippen LogP contribution is 2.35. The first-order chi connectivity index (χ1) is 11.8. The molecule has 8 heteroatoms. The maximum absolute atomic E-state index is 14.2. The van der Waals surface area contributed by atoms with Gasteiger partial charge in [-0.1, -0.05) is 0 Å². The zero-order chi connectivity index (χ0) is 18.3. The van der Waals surface area contributed by atoms with Crippen LogP contribution in [0.1, 0.15) is 15.9 Å². The van der Waals surface area contributed by atoms with Crippen LogP contribution < -0.4 is 4.90 Å². The van der Waals surface area contributed by atoms with Crippen molar-refractivity contribution in [3.63, 3.8) is 0 Å². The Hall–Kier alpha value is -2.90. The third-order valence-corrected chi connectivity index (χ3v) is 3.95. The molecule has 1 N–H and O–H groups in total. The number of benzene rings is 2. The quantitative estimate of drug-likeness (QED) is 0.680. The Morgan fingerprint density at radius 2 is 1.68 bits per heavy atom. The molecule has 0 fully saturated rings. The summed E-state index contributed by atoms with van der Waals surface area (Å²) in [5, 5.41) is 9.18. The summed E-state index contributed by atoms with van der Waals surface area (Å²) in [5.74, 6) is -7.85. The molecule has 1 aliphatic rings. The van der Waals surface area contributed by atoms with E-state index in [0.717, 1.165) is 29.2 Å². The highest BCUT2D eigenvalue weighted by Gasteiger charge is 2.40. The van der Waals surface area contributed by atoms with E-state index >= 15 is 0 Å². The zero-order valence-corrected chi connectivity index (χ0v) is 12.6. The van der Waals surface area contributed by atoms with Crippen molar-refractivity contribution in [2.75, 3.05) is 11.4 Å². The summed E-state index contributed by atoms with van der Waals surface area (Å²) in [6.07, 6.45) is 0. The second-order valence-electron chi connectivity index (χ2n) is 5.67. The molecule has 1 heterocycles. The number of carbonyl (C=O) groups is 2. The molecule has 0 aliphatic carbocycles. The molecule has 1 unspecified atom stereocenters. The number of halogens is 4. The van der Waals surface area contributed by atoms with Crippen molar-refractivity contribution >= 4 is 17.4 Å². The topological polar surface area (TPSA) is 57.6 Å². The lowest BCUT2D eigenvalue weighted by atomic mass is 9.90. The normalized spacial score (nSPS) is 16.7. The molecule has 0 saturated heterocycles. The lowest BCUT2D eigenvalue weighted by Gasteiger charge is -2.34. The number of rotatable bonds is 3. The molecule has 3 rings (SSSR count). The predicted octanol–water partition coefficient (Wildman–Crippen LogP) is 3.15. The summed E-state index contributed by atoms with van der Waals surface area (Å²) in [6.45, 7) is -0.737. The molecular formula is C17H11F4NO3. The van der Waals surface area contributed by atoms with Crippen LogP contribution in [0.3, 0.4) is 0 Å². The average Bonchev–Trinajstić information content (AvgIpc) is 2.51. The number of aliphatic carboxylic acids is 1. The van der Waals surface area contributed by atoms with E-state index in [1.54, 1.807) is 0 Å². The van der Waals surface area contributed by atoms with Crippen LogP contribution in [0.4, 0.5) is 23.2 Å². The summed E-state index contributed by atoms with van der Waals surface area (Å²) in [5.41, 5.74) is -0.992. The molecular weight excluding hydrogens is 342 g/mol. The Labute approximate surface area is 139 Å². The molecule has 2 aromatic rings. The molecule has 0 aromatic heterocycles. The van der Waals surface area contributed by atoms with Gasteiger partial charge in [0, 0.05) is 19.2 Å². The minimum atomic E-state index is -1.61. The number of nitrogens with zero attached hydrogens (tertiary/aromatic N) is 1. The van der Waals surface area contributed by atoms with Gasteiger partial charge in [0.1, 0.15) is 29.2 Å². The molecule has 25 heavy (non-hydrogen) atoms. The molecule has 0 spiro atoms. The minimum absolute atomic E-state index is 0.0885. The van der Waals surface area contributed by atoms with Gasteiger partial charge in [0.2, 0.25) is 0 Å². The van der Waals surface area contributed by atoms with Gasteiger partial charge in [0.15, 0.2) is 5.78 Å². The van der Waals surface area contributed by atoms with Gasteiger partial charge in [0.05, 0.1) is 11.3 Å². The van der Waals surface area contributed by atoms with Gasteiger partial charge in [-0.2, -0.15) is 0 Å². The highest BCUT2D eigenvalue weighted by molar-refractivity contribution is 6.13. The van der Waals surface area contributed by atoms with Crippen molar-refractivity contribution in [3.05, 3.63) is 64.7 Å². The van der Waals surface area contributed by atoms with Crippen LogP contribution in [0.15, 0.2) is 30.3 Å². The Morgan fingerprint density at radius 3 is 2.28 bits per heavy atom. The lowest BCUT2D eigenvalue weighted by molar-refractivity contribution is -0.139. The summed E-state index contributed by atoms with van der Waals surface area (Å²) in [7, 11) is 0. The molecule has 130 valence electrons. The highest BCUT2D eigenvalue weighted by atomic mass is 19.1. The molecule has 0 bridgehead atoms. The lowest BCUT2D eigenvalue weighted by Crippen LogP contribution is -2.43. The van der Waals surface area contributed by atoms with E-state index in [2.05, 4.69) is 0 Å². The summed E-state index contributed by atoms with van der Waals surface area (Å²) in [6, 6.07) is 4.17. The first-order valence-electron chi connectivity index (χ1n) is 7.23. The Bertz CT molecular complexity index is 864. The van der Waals surface area contributed by atoms with Gasteiger partial charge >= 0.3 is 5.97 Å². The first-order valence-corrected chi connectivity index (χ1v) is 7.23. The number of hydrogen-bond donors (Lipinski definition) is 1. The van der Waals surface area contributed by atoms with Gasteiger partial charge < -0.3 is 10.0 Å². The van der Waals surface area contributed by atoms with Crippen LogP contribution in [-0.2, 0) is 11.3 Å². The zero-order valence-electron chi connectivity index (χ0n) is 12.6. The standard InChI is InChI=1S/C17H11F4NO3/c18-9-3-8(4-10(19)5-9)6-22-7-11(17(24)25)16(23)14-12(20)1-2-13(21)15(14)22/h1-5,11H,6-7H2,(H,24,25). The molecule has 0 amide bonds. The van der Waals surface area contributed by atoms with Crippen molar-refractivity contribution in [1.82, 2.24) is 0 Å². The Balaban J connectivity index is 2.10.